The van der Waals surface area contributed by atoms with Crippen LogP contribution in [0.4, 0.5) is 0 Å². The summed E-state index contributed by atoms with van der Waals surface area (Å²) >= 11 is 0. The van der Waals surface area contributed by atoms with Crippen LogP contribution >= 0.6 is 0 Å². The van der Waals surface area contributed by atoms with Crippen LogP contribution in [-0.4, -0.2) is 71.8 Å². The Balaban J connectivity index is 2.44. The lowest BCUT2D eigenvalue weighted by Gasteiger charge is -2.40. The molecule has 4 unspecified atom stereocenters. The molecule has 0 aromatic rings. The maximum Gasteiger partial charge on any atom is 0.312 e. The number of ether oxygens (including phenoxy) is 6. The lowest BCUT2D eigenvalue weighted by atomic mass is 9.82. The van der Waals surface area contributed by atoms with Gasteiger partial charge in [0.25, 0.3) is 6.29 Å². The largest absolute Gasteiger partial charge is 0.463 e. The number of esters is 5. The highest BCUT2D eigenvalue weighted by Gasteiger charge is 2.59. The number of carbonyl (C=O) groups is 5. The van der Waals surface area contributed by atoms with Gasteiger partial charge in [-0.05, 0) is 31.4 Å². The van der Waals surface area contributed by atoms with Crippen molar-refractivity contribution in [3.63, 3.8) is 0 Å². The Morgan fingerprint density at radius 3 is 2.18 bits per heavy atom. The van der Waals surface area contributed by atoms with Gasteiger partial charge in [0.2, 0.25) is 0 Å². The van der Waals surface area contributed by atoms with Gasteiger partial charge in [-0.2, -0.15) is 0 Å². The van der Waals surface area contributed by atoms with Crippen LogP contribution in [0.15, 0.2) is 23.5 Å². The minimum Gasteiger partial charge on any atom is -0.463 e. The zero-order valence-electron chi connectivity index (χ0n) is 22.7. The fraction of sp³-hybridized carbons (Fsp3) is 0.654. The van der Waals surface area contributed by atoms with Gasteiger partial charge in [0.05, 0.1) is 18.6 Å². The van der Waals surface area contributed by atoms with Crippen LogP contribution in [-0.2, 0) is 52.4 Å². The lowest BCUT2D eigenvalue weighted by molar-refractivity contribution is -0.219. The molecule has 12 nitrogen and oxygen atoms in total. The molecular weight excluding hydrogens is 504 g/mol. The fourth-order valence-electron chi connectivity index (χ4n) is 4.23. The van der Waals surface area contributed by atoms with E-state index in [-0.39, 0.29) is 25.4 Å². The molecule has 12 heteroatoms. The second-order valence-electron chi connectivity index (χ2n) is 10.3. The summed E-state index contributed by atoms with van der Waals surface area (Å²) in [6.45, 7) is 9.39. The molecule has 0 saturated heterocycles. The summed E-state index contributed by atoms with van der Waals surface area (Å²) in [6.07, 6.45) is -0.382. The maximum absolute atomic E-state index is 12.8. The summed E-state index contributed by atoms with van der Waals surface area (Å²) in [5.74, 6) is -4.51. The normalized spacial score (nSPS) is 24.3. The molecule has 1 aliphatic carbocycles. The molecule has 1 N–H and O–H groups in total. The molecule has 1 heterocycles. The zero-order valence-corrected chi connectivity index (χ0v) is 22.7. The topological polar surface area (TPSA) is 161 Å². The van der Waals surface area contributed by atoms with E-state index in [4.69, 9.17) is 28.4 Å². The first-order chi connectivity index (χ1) is 17.5. The molecule has 212 valence electrons. The van der Waals surface area contributed by atoms with Crippen molar-refractivity contribution in [2.75, 3.05) is 13.2 Å². The molecule has 0 amide bonds. The van der Waals surface area contributed by atoms with Gasteiger partial charge in [0.15, 0.2) is 11.7 Å². The monoisotopic (exact) mass is 540 g/mol. The van der Waals surface area contributed by atoms with Gasteiger partial charge in [0.1, 0.15) is 18.8 Å². The summed E-state index contributed by atoms with van der Waals surface area (Å²) < 4.78 is 32.1. The Bertz CT molecular complexity index is 1010. The molecule has 0 radical (unpaired) electrons. The number of hydrogen-bond acceptors (Lipinski definition) is 12. The molecule has 2 aliphatic rings. The minimum atomic E-state index is -2.10. The van der Waals surface area contributed by atoms with E-state index in [1.165, 1.54) is 40.0 Å². The van der Waals surface area contributed by atoms with Gasteiger partial charge in [0, 0.05) is 32.8 Å². The Morgan fingerprint density at radius 1 is 1.00 bits per heavy atom. The highest BCUT2D eigenvalue weighted by atomic mass is 16.7. The smallest absolute Gasteiger partial charge is 0.312 e. The van der Waals surface area contributed by atoms with Gasteiger partial charge in [-0.15, -0.1) is 0 Å². The van der Waals surface area contributed by atoms with E-state index in [9.17, 15) is 29.1 Å². The van der Waals surface area contributed by atoms with E-state index >= 15 is 0 Å². The number of rotatable bonds is 11. The van der Waals surface area contributed by atoms with Gasteiger partial charge in [-0.1, -0.05) is 13.8 Å². The van der Waals surface area contributed by atoms with Crippen molar-refractivity contribution in [3.05, 3.63) is 23.5 Å². The third-order valence-electron chi connectivity index (χ3n) is 5.69. The molecule has 0 spiro atoms. The van der Waals surface area contributed by atoms with Crippen molar-refractivity contribution in [2.24, 2.45) is 11.8 Å². The minimum absolute atomic E-state index is 0.0302. The molecule has 4 atom stereocenters. The van der Waals surface area contributed by atoms with E-state index in [1.54, 1.807) is 0 Å². The van der Waals surface area contributed by atoms with Crippen molar-refractivity contribution < 1.29 is 57.5 Å². The number of aliphatic hydroxyl groups is 1. The van der Waals surface area contributed by atoms with Gasteiger partial charge in [-0.3, -0.25) is 24.0 Å². The first-order valence-corrected chi connectivity index (χ1v) is 12.2. The van der Waals surface area contributed by atoms with E-state index in [1.807, 2.05) is 13.8 Å². The van der Waals surface area contributed by atoms with Crippen LogP contribution in [0, 0.1) is 11.8 Å². The summed E-state index contributed by atoms with van der Waals surface area (Å²) in [4.78, 5) is 59.7. The first-order valence-electron chi connectivity index (χ1n) is 12.2. The average Bonchev–Trinajstić information content (AvgIpc) is 3.02. The molecule has 0 saturated carbocycles. The molecular formula is C26H36O12. The standard InChI is InChI=1S/C26H36O12/c1-14(2)8-21(30)36-20-9-19-18(11-33-15(3)27)12-34-24(23(19)26(20,32)13-35-16(4)28)37-22(31)10-25(6,7)38-17(5)29/h9,12,14,20,23-24,32H,8,10-11,13H2,1-7H3. The summed E-state index contributed by atoms with van der Waals surface area (Å²) in [6, 6.07) is 0. The van der Waals surface area contributed by atoms with Crippen molar-refractivity contribution in [1.82, 2.24) is 0 Å². The summed E-state index contributed by atoms with van der Waals surface area (Å²) in [7, 11) is 0. The van der Waals surface area contributed by atoms with Gasteiger partial charge in [-0.25, -0.2) is 0 Å². The molecule has 1 aliphatic heterocycles. The van der Waals surface area contributed by atoms with Crippen molar-refractivity contribution >= 4 is 29.8 Å². The number of carbonyl (C=O) groups excluding carboxylic acids is 5. The van der Waals surface area contributed by atoms with Crippen LogP contribution in [0.2, 0.25) is 0 Å². The van der Waals surface area contributed by atoms with Crippen LogP contribution in [0.1, 0.15) is 61.3 Å². The van der Waals surface area contributed by atoms with Crippen molar-refractivity contribution in [2.45, 2.75) is 84.9 Å². The second-order valence-corrected chi connectivity index (χ2v) is 10.3. The van der Waals surface area contributed by atoms with E-state index in [2.05, 4.69) is 0 Å². The lowest BCUT2D eigenvalue weighted by Crippen LogP contribution is -2.56. The van der Waals surface area contributed by atoms with Gasteiger partial charge < -0.3 is 33.5 Å². The van der Waals surface area contributed by atoms with Crippen molar-refractivity contribution in [3.8, 4) is 0 Å². The predicted molar refractivity (Wildman–Crippen MR) is 129 cm³/mol. The Kier molecular flexibility index (Phi) is 10.1. The SMILES string of the molecule is CC(=O)OCC1=COC(OC(=O)CC(C)(C)OC(C)=O)C2C1=CC(OC(=O)CC(C)C)C2(O)COC(C)=O. The van der Waals surface area contributed by atoms with Crippen LogP contribution in [0.25, 0.3) is 0 Å². The van der Waals surface area contributed by atoms with E-state index in [0.29, 0.717) is 11.1 Å². The Labute approximate surface area is 221 Å². The van der Waals surface area contributed by atoms with Crippen LogP contribution in [0.3, 0.4) is 0 Å². The highest BCUT2D eigenvalue weighted by molar-refractivity contribution is 5.73. The molecule has 0 fully saturated rings. The Morgan fingerprint density at radius 2 is 1.63 bits per heavy atom. The van der Waals surface area contributed by atoms with E-state index in [0.717, 1.165) is 6.92 Å². The fourth-order valence-corrected chi connectivity index (χ4v) is 4.23. The zero-order chi connectivity index (χ0) is 28.8. The van der Waals surface area contributed by atoms with Gasteiger partial charge >= 0.3 is 29.8 Å². The summed E-state index contributed by atoms with van der Waals surface area (Å²) in [5, 5.41) is 11.8. The quantitative estimate of drug-likeness (QED) is 0.300. The third kappa shape index (κ3) is 8.30. The van der Waals surface area contributed by atoms with Crippen LogP contribution in [0.5, 0.6) is 0 Å². The number of hydrogen-bond donors (Lipinski definition) is 1. The van der Waals surface area contributed by atoms with E-state index < -0.39 is 66.0 Å². The summed E-state index contributed by atoms with van der Waals surface area (Å²) in [5.41, 5.74) is -2.64. The Hall–Kier alpha value is -3.41. The second kappa shape index (κ2) is 12.4. The molecule has 38 heavy (non-hydrogen) atoms. The predicted octanol–water partition coefficient (Wildman–Crippen LogP) is 1.87. The average molecular weight is 541 g/mol. The highest BCUT2D eigenvalue weighted by Crippen LogP contribution is 2.47. The van der Waals surface area contributed by atoms with Crippen LogP contribution < -0.4 is 0 Å². The molecule has 0 aromatic heterocycles. The maximum atomic E-state index is 12.8. The third-order valence-corrected chi connectivity index (χ3v) is 5.69. The molecule has 2 rings (SSSR count). The number of fused-ring (bicyclic) bond motifs is 1. The molecule has 0 aromatic carbocycles. The molecule has 0 bridgehead atoms. The van der Waals surface area contributed by atoms with Crippen molar-refractivity contribution in [1.29, 1.82) is 0 Å². The first kappa shape index (κ1) is 30.8.